The third kappa shape index (κ3) is 2.59. The van der Waals surface area contributed by atoms with E-state index >= 15 is 0 Å². The number of ketones is 1. The number of methoxy groups -OCH3 is 1. The van der Waals surface area contributed by atoms with Gasteiger partial charge in [-0.15, -0.1) is 0 Å². The molecule has 5 heteroatoms. The number of hydrogen-bond donors (Lipinski definition) is 2. The molecule has 1 heterocycles. The predicted octanol–water partition coefficient (Wildman–Crippen LogP) is 2.53. The zero-order valence-corrected chi connectivity index (χ0v) is 10.8. The van der Waals surface area contributed by atoms with Crippen molar-refractivity contribution in [2.75, 3.05) is 7.11 Å². The largest absolute Gasteiger partial charge is 0.495 e. The summed E-state index contributed by atoms with van der Waals surface area (Å²) in [7, 11) is 1.57. The number of carbonyl (C=O) groups excluding carboxylic acids is 1. The van der Waals surface area contributed by atoms with Gasteiger partial charge in [0.05, 0.1) is 19.0 Å². The Kier molecular flexibility index (Phi) is 3.55. The number of benzene rings is 1. The Morgan fingerprint density at radius 1 is 1.32 bits per heavy atom. The summed E-state index contributed by atoms with van der Waals surface area (Å²) in [5.74, 6) is -0.476. The molecule has 0 fully saturated rings. The van der Waals surface area contributed by atoms with Crippen LogP contribution in [0.5, 0.6) is 5.75 Å². The number of Topliss-reactive ketones (excluding diaryl/α,β-unsaturated/α-hetero) is 1. The lowest BCUT2D eigenvalue weighted by Gasteiger charge is -2.04. The van der Waals surface area contributed by atoms with Gasteiger partial charge in [0.25, 0.3) is 0 Å². The highest BCUT2D eigenvalue weighted by molar-refractivity contribution is 6.09. The van der Waals surface area contributed by atoms with Gasteiger partial charge in [-0.05, 0) is 24.6 Å². The number of H-pyrrole nitrogens is 1. The van der Waals surface area contributed by atoms with Gasteiger partial charge in [-0.2, -0.15) is 0 Å². The Hall–Kier alpha value is -2.30. The molecular formula is C14H15NO4. The van der Waals surface area contributed by atoms with Crippen molar-refractivity contribution in [3.63, 3.8) is 0 Å². The third-order valence-electron chi connectivity index (χ3n) is 2.98. The number of carboxylic acids is 1. The molecule has 100 valence electrons. The first-order valence-corrected chi connectivity index (χ1v) is 5.93. The van der Waals surface area contributed by atoms with Gasteiger partial charge >= 0.3 is 5.97 Å². The van der Waals surface area contributed by atoms with E-state index in [1.54, 1.807) is 13.3 Å². The fourth-order valence-electron chi connectivity index (χ4n) is 2.08. The molecule has 19 heavy (non-hydrogen) atoms. The van der Waals surface area contributed by atoms with E-state index in [0.717, 1.165) is 16.5 Å². The first-order chi connectivity index (χ1) is 9.02. The van der Waals surface area contributed by atoms with Crippen LogP contribution in [0.2, 0.25) is 0 Å². The van der Waals surface area contributed by atoms with Crippen LogP contribution in [0.3, 0.4) is 0 Å². The summed E-state index contributed by atoms with van der Waals surface area (Å²) < 4.78 is 5.26. The van der Waals surface area contributed by atoms with Crippen LogP contribution in [-0.2, 0) is 4.79 Å². The van der Waals surface area contributed by atoms with Crippen molar-refractivity contribution >= 4 is 22.7 Å². The minimum absolute atomic E-state index is 0.00144. The highest BCUT2D eigenvalue weighted by Gasteiger charge is 2.15. The van der Waals surface area contributed by atoms with Crippen LogP contribution >= 0.6 is 0 Å². The predicted molar refractivity (Wildman–Crippen MR) is 70.8 cm³/mol. The van der Waals surface area contributed by atoms with E-state index in [4.69, 9.17) is 9.84 Å². The minimum Gasteiger partial charge on any atom is -0.495 e. The second kappa shape index (κ2) is 5.14. The Bertz CT molecular complexity index is 642. The topological polar surface area (TPSA) is 79.4 Å². The number of ether oxygens (including phenoxy) is 1. The fraction of sp³-hybridized carbons (Fsp3) is 0.286. The second-order valence-corrected chi connectivity index (χ2v) is 4.41. The van der Waals surface area contributed by atoms with Crippen LogP contribution in [0.1, 0.15) is 28.8 Å². The van der Waals surface area contributed by atoms with Gasteiger partial charge in [-0.1, -0.05) is 0 Å². The molecule has 1 aromatic heterocycles. The normalized spacial score (nSPS) is 10.6. The van der Waals surface area contributed by atoms with E-state index in [9.17, 15) is 9.59 Å². The van der Waals surface area contributed by atoms with Gasteiger partial charge in [-0.3, -0.25) is 9.59 Å². The summed E-state index contributed by atoms with van der Waals surface area (Å²) in [5.41, 5.74) is 2.25. The third-order valence-corrected chi connectivity index (χ3v) is 2.98. The Labute approximate surface area is 110 Å². The fourth-order valence-corrected chi connectivity index (χ4v) is 2.08. The maximum absolute atomic E-state index is 12.0. The van der Waals surface area contributed by atoms with Crippen molar-refractivity contribution in [1.82, 2.24) is 4.98 Å². The van der Waals surface area contributed by atoms with Crippen LogP contribution in [-0.4, -0.2) is 29.0 Å². The molecular weight excluding hydrogens is 246 g/mol. The molecule has 0 unspecified atom stereocenters. The molecule has 1 aromatic carbocycles. The van der Waals surface area contributed by atoms with Crippen molar-refractivity contribution in [3.8, 4) is 5.75 Å². The average Bonchev–Trinajstić information content (AvgIpc) is 2.78. The van der Waals surface area contributed by atoms with Crippen LogP contribution in [0.4, 0.5) is 0 Å². The number of aliphatic carboxylic acids is 1. The molecule has 0 aliphatic rings. The Balaban J connectivity index is 2.42. The summed E-state index contributed by atoms with van der Waals surface area (Å²) in [5, 5.41) is 9.39. The van der Waals surface area contributed by atoms with Gasteiger partial charge in [0.1, 0.15) is 5.75 Å². The summed E-state index contributed by atoms with van der Waals surface area (Å²) in [6.45, 7) is 1.92. The van der Waals surface area contributed by atoms with Crippen molar-refractivity contribution in [2.45, 2.75) is 19.8 Å². The first-order valence-electron chi connectivity index (χ1n) is 5.93. The summed E-state index contributed by atoms with van der Waals surface area (Å²) in [4.78, 5) is 25.5. The van der Waals surface area contributed by atoms with Crippen molar-refractivity contribution in [1.29, 1.82) is 0 Å². The Morgan fingerprint density at radius 2 is 2.05 bits per heavy atom. The molecule has 0 spiro atoms. The van der Waals surface area contributed by atoms with E-state index in [1.165, 1.54) is 0 Å². The number of fused-ring (bicyclic) bond motifs is 1. The molecule has 0 atom stereocenters. The van der Waals surface area contributed by atoms with E-state index in [1.807, 2.05) is 19.1 Å². The van der Waals surface area contributed by atoms with Crippen molar-refractivity contribution < 1.29 is 19.4 Å². The molecule has 2 N–H and O–H groups in total. The standard InChI is InChI=1S/C14H15NO4/c1-8-5-9-10(11(16)3-4-13(17)18)7-15-14(9)12(6-8)19-2/h5-7,15H,3-4H2,1-2H3,(H,17,18). The lowest BCUT2D eigenvalue weighted by molar-refractivity contribution is -0.136. The van der Waals surface area contributed by atoms with Gasteiger partial charge < -0.3 is 14.8 Å². The molecule has 0 aliphatic heterocycles. The number of carboxylic acid groups (broad SMARTS) is 1. The number of aryl methyl sites for hydroxylation is 1. The maximum Gasteiger partial charge on any atom is 0.303 e. The van der Waals surface area contributed by atoms with E-state index in [2.05, 4.69) is 4.98 Å². The summed E-state index contributed by atoms with van der Waals surface area (Å²) >= 11 is 0. The SMILES string of the molecule is COc1cc(C)cc2c(C(=O)CCC(=O)O)c[nH]c12. The number of nitrogens with one attached hydrogen (secondary N) is 1. The van der Waals surface area contributed by atoms with E-state index < -0.39 is 5.97 Å². The highest BCUT2D eigenvalue weighted by Crippen LogP contribution is 2.29. The van der Waals surface area contributed by atoms with Crippen molar-refractivity contribution in [3.05, 3.63) is 29.5 Å². The van der Waals surface area contributed by atoms with Gasteiger partial charge in [-0.25, -0.2) is 0 Å². The van der Waals surface area contributed by atoms with Crippen LogP contribution in [0.15, 0.2) is 18.3 Å². The molecule has 5 nitrogen and oxygen atoms in total. The smallest absolute Gasteiger partial charge is 0.303 e. The molecule has 0 amide bonds. The van der Waals surface area contributed by atoms with Crippen LogP contribution < -0.4 is 4.74 Å². The average molecular weight is 261 g/mol. The molecule has 2 rings (SSSR count). The number of aromatic amines is 1. The molecule has 2 aromatic rings. The van der Waals surface area contributed by atoms with Crippen molar-refractivity contribution in [2.24, 2.45) is 0 Å². The molecule has 0 saturated carbocycles. The van der Waals surface area contributed by atoms with E-state index in [-0.39, 0.29) is 18.6 Å². The summed E-state index contributed by atoms with van der Waals surface area (Å²) in [6, 6.07) is 3.77. The van der Waals surface area contributed by atoms with Gasteiger partial charge in [0.15, 0.2) is 5.78 Å². The van der Waals surface area contributed by atoms with Crippen LogP contribution in [0, 0.1) is 6.92 Å². The summed E-state index contributed by atoms with van der Waals surface area (Å²) in [6.07, 6.45) is 1.45. The monoisotopic (exact) mass is 261 g/mol. The number of aromatic nitrogens is 1. The first kappa shape index (κ1) is 13.1. The van der Waals surface area contributed by atoms with Gasteiger partial charge in [0.2, 0.25) is 0 Å². The van der Waals surface area contributed by atoms with E-state index in [0.29, 0.717) is 11.3 Å². The number of carbonyl (C=O) groups is 2. The molecule has 0 radical (unpaired) electrons. The van der Waals surface area contributed by atoms with Gasteiger partial charge in [0, 0.05) is 23.6 Å². The Morgan fingerprint density at radius 3 is 2.68 bits per heavy atom. The lowest BCUT2D eigenvalue weighted by atomic mass is 10.0. The second-order valence-electron chi connectivity index (χ2n) is 4.41. The number of hydrogen-bond acceptors (Lipinski definition) is 3. The zero-order chi connectivity index (χ0) is 14.0. The lowest BCUT2D eigenvalue weighted by Crippen LogP contribution is -2.03. The molecule has 0 aliphatic carbocycles. The maximum atomic E-state index is 12.0. The minimum atomic E-state index is -0.970. The molecule has 0 saturated heterocycles. The number of rotatable bonds is 5. The molecule has 0 bridgehead atoms. The van der Waals surface area contributed by atoms with Crippen LogP contribution in [0.25, 0.3) is 10.9 Å². The quantitative estimate of drug-likeness (QED) is 0.810. The highest BCUT2D eigenvalue weighted by atomic mass is 16.5. The zero-order valence-electron chi connectivity index (χ0n) is 10.8.